The van der Waals surface area contributed by atoms with Gasteiger partial charge >= 0.3 is 11.9 Å². The molecule has 39 heavy (non-hydrogen) atoms. The summed E-state index contributed by atoms with van der Waals surface area (Å²) in [6.07, 6.45) is 3.75. The largest absolute Gasteiger partial charge is 0.463 e. The van der Waals surface area contributed by atoms with E-state index in [1.54, 1.807) is 6.92 Å². The number of rotatable bonds is 10. The lowest BCUT2D eigenvalue weighted by atomic mass is 9.85. The average molecular weight is 548 g/mol. The standard InChI is InChI=1S/C31H49NO7/c1-5-30(35)39-29-21-31(36)38-24(3)14-17-32(16-10-9-13-25-11-7-6-8-12-25)22-27(34)23(2)19-26(15-18-33)20-28(29)37-4/h6-8,11-12,18,23-24,26-29,34H,5,9-10,13-17,19-22H2,1-4H3. The summed E-state index contributed by atoms with van der Waals surface area (Å²) in [6.45, 7) is 7.63. The zero-order valence-electron chi connectivity index (χ0n) is 24.3. The van der Waals surface area contributed by atoms with Crippen molar-refractivity contribution in [1.29, 1.82) is 0 Å². The van der Waals surface area contributed by atoms with Crippen LogP contribution in [0.4, 0.5) is 0 Å². The molecule has 1 aromatic rings. The molecule has 0 bridgehead atoms. The van der Waals surface area contributed by atoms with E-state index < -0.39 is 30.3 Å². The smallest absolute Gasteiger partial charge is 0.309 e. The highest BCUT2D eigenvalue weighted by atomic mass is 16.6. The van der Waals surface area contributed by atoms with Gasteiger partial charge < -0.3 is 29.0 Å². The second-order valence-electron chi connectivity index (χ2n) is 11.0. The van der Waals surface area contributed by atoms with E-state index in [0.29, 0.717) is 38.8 Å². The van der Waals surface area contributed by atoms with E-state index in [2.05, 4.69) is 29.2 Å². The van der Waals surface area contributed by atoms with Crippen molar-refractivity contribution in [3.8, 4) is 0 Å². The number of aliphatic hydroxyl groups excluding tert-OH is 1. The van der Waals surface area contributed by atoms with Gasteiger partial charge in [-0.2, -0.15) is 0 Å². The van der Waals surface area contributed by atoms with Crippen LogP contribution in [-0.2, 0) is 35.0 Å². The molecule has 0 amide bonds. The van der Waals surface area contributed by atoms with Gasteiger partial charge in [0.2, 0.25) is 0 Å². The minimum Gasteiger partial charge on any atom is -0.463 e. The number of hydrogen-bond donors (Lipinski definition) is 1. The molecule has 0 saturated carbocycles. The number of nitrogens with zero attached hydrogens (tertiary/aromatic N) is 1. The first-order valence-electron chi connectivity index (χ1n) is 14.5. The van der Waals surface area contributed by atoms with Crippen LogP contribution >= 0.6 is 0 Å². The number of carbonyl (C=O) groups excluding carboxylic acids is 3. The molecule has 0 radical (unpaired) electrons. The number of hydrogen-bond acceptors (Lipinski definition) is 8. The molecule has 0 aliphatic carbocycles. The predicted octanol–water partition coefficient (Wildman–Crippen LogP) is 4.36. The average Bonchev–Trinajstić information content (AvgIpc) is 2.92. The van der Waals surface area contributed by atoms with E-state index in [-0.39, 0.29) is 30.8 Å². The lowest BCUT2D eigenvalue weighted by Gasteiger charge is -2.31. The molecule has 8 nitrogen and oxygen atoms in total. The molecule has 220 valence electrons. The van der Waals surface area contributed by atoms with Gasteiger partial charge in [-0.15, -0.1) is 0 Å². The highest BCUT2D eigenvalue weighted by molar-refractivity contribution is 5.72. The van der Waals surface area contributed by atoms with E-state index in [1.165, 1.54) is 12.7 Å². The lowest BCUT2D eigenvalue weighted by Crippen LogP contribution is -2.39. The Morgan fingerprint density at radius 2 is 1.90 bits per heavy atom. The third-order valence-electron chi connectivity index (χ3n) is 7.68. The fraction of sp³-hybridized carbons (Fsp3) is 0.710. The third kappa shape index (κ3) is 12.6. The molecule has 6 unspecified atom stereocenters. The normalized spacial score (nSPS) is 28.1. The first kappa shape index (κ1) is 32.9. The van der Waals surface area contributed by atoms with Gasteiger partial charge in [-0.25, -0.2) is 0 Å². The van der Waals surface area contributed by atoms with Crippen molar-refractivity contribution in [2.45, 2.75) is 103 Å². The van der Waals surface area contributed by atoms with Gasteiger partial charge in [0, 0.05) is 33.0 Å². The van der Waals surface area contributed by atoms with E-state index in [9.17, 15) is 19.5 Å². The van der Waals surface area contributed by atoms with Gasteiger partial charge in [-0.1, -0.05) is 44.2 Å². The molecule has 6 atom stereocenters. The Morgan fingerprint density at radius 3 is 2.56 bits per heavy atom. The predicted molar refractivity (Wildman–Crippen MR) is 150 cm³/mol. The fourth-order valence-electron chi connectivity index (χ4n) is 5.25. The van der Waals surface area contributed by atoms with Crippen LogP contribution in [0.5, 0.6) is 0 Å². The van der Waals surface area contributed by atoms with Crippen LogP contribution in [0.2, 0.25) is 0 Å². The number of β-amino-alcohol motifs (C(OH)–C–C–N with tert-alkyl or cyclic N) is 1. The van der Waals surface area contributed by atoms with Gasteiger partial charge in [0.25, 0.3) is 0 Å². The summed E-state index contributed by atoms with van der Waals surface area (Å²) in [5.41, 5.74) is 1.32. The first-order valence-corrected chi connectivity index (χ1v) is 14.5. The molecular weight excluding hydrogens is 498 g/mol. The van der Waals surface area contributed by atoms with Crippen LogP contribution in [0.15, 0.2) is 30.3 Å². The maximum atomic E-state index is 12.8. The maximum absolute atomic E-state index is 12.8. The summed E-state index contributed by atoms with van der Waals surface area (Å²) in [5.74, 6) is -0.988. The quantitative estimate of drug-likeness (QED) is 0.262. The van der Waals surface area contributed by atoms with Crippen LogP contribution in [0, 0.1) is 11.8 Å². The van der Waals surface area contributed by atoms with E-state index in [0.717, 1.165) is 32.1 Å². The second-order valence-corrected chi connectivity index (χ2v) is 11.0. The summed E-state index contributed by atoms with van der Waals surface area (Å²) >= 11 is 0. The van der Waals surface area contributed by atoms with Crippen LogP contribution < -0.4 is 0 Å². The summed E-state index contributed by atoms with van der Waals surface area (Å²) < 4.78 is 17.0. The molecule has 1 saturated heterocycles. The number of methoxy groups -OCH3 is 1. The number of esters is 2. The topological polar surface area (TPSA) is 102 Å². The monoisotopic (exact) mass is 547 g/mol. The molecule has 2 rings (SSSR count). The van der Waals surface area contributed by atoms with Gasteiger partial charge in [0.05, 0.1) is 18.6 Å². The summed E-state index contributed by atoms with van der Waals surface area (Å²) in [5, 5.41) is 11.2. The third-order valence-corrected chi connectivity index (χ3v) is 7.68. The van der Waals surface area contributed by atoms with Crippen LogP contribution in [0.1, 0.15) is 77.7 Å². The Kier molecular flexibility index (Phi) is 15.3. The second kappa shape index (κ2) is 18.1. The van der Waals surface area contributed by atoms with Gasteiger partial charge in [0.1, 0.15) is 18.5 Å². The molecule has 1 aliphatic heterocycles. The fourth-order valence-corrected chi connectivity index (χ4v) is 5.25. The molecule has 0 spiro atoms. The van der Waals surface area contributed by atoms with Crippen molar-refractivity contribution in [2.24, 2.45) is 11.8 Å². The Morgan fingerprint density at radius 1 is 1.15 bits per heavy atom. The molecule has 1 N–H and O–H groups in total. The van der Waals surface area contributed by atoms with Gasteiger partial charge in [0.15, 0.2) is 0 Å². The van der Waals surface area contributed by atoms with Crippen molar-refractivity contribution in [1.82, 2.24) is 4.90 Å². The summed E-state index contributed by atoms with van der Waals surface area (Å²) in [4.78, 5) is 38.7. The van der Waals surface area contributed by atoms with Crippen molar-refractivity contribution in [3.63, 3.8) is 0 Å². The van der Waals surface area contributed by atoms with Gasteiger partial charge in [-0.05, 0) is 69.4 Å². The number of aliphatic hydroxyl groups is 1. The summed E-state index contributed by atoms with van der Waals surface area (Å²) in [7, 11) is 1.52. The number of aldehydes is 1. The van der Waals surface area contributed by atoms with Crippen molar-refractivity contribution < 1.29 is 33.7 Å². The first-order chi connectivity index (χ1) is 18.7. The van der Waals surface area contributed by atoms with Crippen LogP contribution in [-0.4, -0.2) is 79.4 Å². The van der Waals surface area contributed by atoms with E-state index in [4.69, 9.17) is 14.2 Å². The number of aryl methyl sites for hydroxylation is 1. The number of unbranched alkanes of at least 4 members (excludes halogenated alkanes) is 1. The Bertz CT molecular complexity index is 849. The highest BCUT2D eigenvalue weighted by Gasteiger charge is 2.32. The number of cyclic esters (lactones) is 1. The van der Waals surface area contributed by atoms with Crippen molar-refractivity contribution >= 4 is 18.2 Å². The minimum absolute atomic E-state index is 0.0450. The zero-order valence-corrected chi connectivity index (χ0v) is 24.3. The summed E-state index contributed by atoms with van der Waals surface area (Å²) in [6, 6.07) is 10.4. The number of benzene rings is 1. The lowest BCUT2D eigenvalue weighted by molar-refractivity contribution is -0.165. The van der Waals surface area contributed by atoms with Crippen LogP contribution in [0.25, 0.3) is 0 Å². The molecule has 1 fully saturated rings. The maximum Gasteiger partial charge on any atom is 0.309 e. The molecule has 1 aromatic carbocycles. The Hall–Kier alpha value is -2.29. The number of carbonyl (C=O) groups is 3. The molecule has 8 heteroatoms. The highest BCUT2D eigenvalue weighted by Crippen LogP contribution is 2.27. The Balaban J connectivity index is 2.14. The molecular formula is C31H49NO7. The molecule has 1 aliphatic rings. The van der Waals surface area contributed by atoms with Crippen molar-refractivity contribution in [3.05, 3.63) is 35.9 Å². The SMILES string of the molecule is CCC(=O)OC1CC(=O)OC(C)CCN(CCCCc2ccccc2)CC(O)C(C)CC(CC=O)CC1OC. The van der Waals surface area contributed by atoms with E-state index in [1.807, 2.05) is 19.9 Å². The zero-order chi connectivity index (χ0) is 28.6. The van der Waals surface area contributed by atoms with Crippen LogP contribution in [0.3, 0.4) is 0 Å². The molecule has 1 heterocycles. The Labute approximate surface area is 234 Å². The molecule has 0 aromatic heterocycles. The minimum atomic E-state index is -0.803. The van der Waals surface area contributed by atoms with Gasteiger partial charge in [-0.3, -0.25) is 9.59 Å². The van der Waals surface area contributed by atoms with Crippen molar-refractivity contribution in [2.75, 3.05) is 26.7 Å². The number of ether oxygens (including phenoxy) is 3. The van der Waals surface area contributed by atoms with E-state index >= 15 is 0 Å².